The van der Waals surface area contributed by atoms with E-state index in [1.54, 1.807) is 0 Å². The Kier molecular flexibility index (Phi) is 3.91. The largest absolute Gasteiger partial charge is 0.391 e. The molecule has 1 aliphatic heterocycles. The second-order valence-electron chi connectivity index (χ2n) is 4.12. The van der Waals surface area contributed by atoms with Gasteiger partial charge >= 0.3 is 0 Å². The van der Waals surface area contributed by atoms with Gasteiger partial charge in [0.05, 0.1) is 0 Å². The molecule has 1 N–H and O–H groups in total. The molecule has 0 saturated carbocycles. The third-order valence-corrected chi connectivity index (χ3v) is 3.36. The lowest BCUT2D eigenvalue weighted by molar-refractivity contribution is 0.280. The standard InChI is InChI=1S/C13H18N2S/c1-14-12-7-8-15(10-13(12)16)9-11-5-3-2-4-6-11/h2-6,14,16H,7-10H2,1H3. The van der Waals surface area contributed by atoms with Crippen LogP contribution >= 0.6 is 12.6 Å². The zero-order valence-corrected chi connectivity index (χ0v) is 10.5. The fraction of sp³-hybridized carbons (Fsp3) is 0.385. The second-order valence-corrected chi connectivity index (χ2v) is 4.66. The lowest BCUT2D eigenvalue weighted by Gasteiger charge is -2.28. The highest BCUT2D eigenvalue weighted by atomic mass is 32.1. The Morgan fingerprint density at radius 1 is 1.31 bits per heavy atom. The van der Waals surface area contributed by atoms with E-state index in [4.69, 9.17) is 0 Å². The molecule has 2 rings (SSSR count). The molecule has 0 atom stereocenters. The van der Waals surface area contributed by atoms with Crippen molar-refractivity contribution in [1.82, 2.24) is 10.2 Å². The van der Waals surface area contributed by atoms with Crippen LogP contribution in [0.15, 0.2) is 40.9 Å². The van der Waals surface area contributed by atoms with Gasteiger partial charge in [-0.3, -0.25) is 4.90 Å². The van der Waals surface area contributed by atoms with Gasteiger partial charge in [-0.05, 0) is 5.56 Å². The van der Waals surface area contributed by atoms with E-state index >= 15 is 0 Å². The highest BCUT2D eigenvalue weighted by Gasteiger charge is 2.15. The number of benzene rings is 1. The molecule has 0 aromatic heterocycles. The van der Waals surface area contributed by atoms with Crippen molar-refractivity contribution in [2.45, 2.75) is 13.0 Å². The molecule has 0 unspecified atom stereocenters. The van der Waals surface area contributed by atoms with Crippen molar-refractivity contribution in [3.8, 4) is 0 Å². The first kappa shape index (κ1) is 11.6. The summed E-state index contributed by atoms with van der Waals surface area (Å²) in [7, 11) is 1.97. The van der Waals surface area contributed by atoms with E-state index in [0.29, 0.717) is 0 Å². The van der Waals surface area contributed by atoms with Crippen LogP contribution in [0.3, 0.4) is 0 Å². The molecular formula is C13H18N2S. The maximum atomic E-state index is 4.54. The SMILES string of the molecule is CNC1=C(S)CN(Cc2ccccc2)CC1. The quantitative estimate of drug-likeness (QED) is 0.780. The maximum Gasteiger partial charge on any atom is 0.0311 e. The molecule has 1 aromatic carbocycles. The average molecular weight is 234 g/mol. The molecule has 16 heavy (non-hydrogen) atoms. The zero-order chi connectivity index (χ0) is 11.4. The van der Waals surface area contributed by atoms with Gasteiger partial charge in [-0.2, -0.15) is 0 Å². The van der Waals surface area contributed by atoms with Gasteiger partial charge in [-0.15, -0.1) is 12.6 Å². The summed E-state index contributed by atoms with van der Waals surface area (Å²) in [5.74, 6) is 0. The fourth-order valence-electron chi connectivity index (χ4n) is 2.05. The average Bonchev–Trinajstić information content (AvgIpc) is 2.31. The molecule has 1 aromatic rings. The van der Waals surface area contributed by atoms with Gasteiger partial charge in [0, 0.05) is 43.7 Å². The lowest BCUT2D eigenvalue weighted by atomic mass is 10.1. The van der Waals surface area contributed by atoms with Crippen molar-refractivity contribution >= 4 is 12.6 Å². The maximum absolute atomic E-state index is 4.54. The van der Waals surface area contributed by atoms with E-state index in [0.717, 1.165) is 26.1 Å². The van der Waals surface area contributed by atoms with Gasteiger partial charge in [0.2, 0.25) is 0 Å². The van der Waals surface area contributed by atoms with E-state index < -0.39 is 0 Å². The second kappa shape index (κ2) is 5.41. The summed E-state index contributed by atoms with van der Waals surface area (Å²) in [5.41, 5.74) is 2.66. The minimum Gasteiger partial charge on any atom is -0.391 e. The molecule has 3 heteroatoms. The predicted molar refractivity (Wildman–Crippen MR) is 71.4 cm³/mol. The topological polar surface area (TPSA) is 15.3 Å². The van der Waals surface area contributed by atoms with E-state index in [1.807, 2.05) is 7.05 Å². The number of thiol groups is 1. The van der Waals surface area contributed by atoms with Gasteiger partial charge in [0.15, 0.2) is 0 Å². The first-order valence-electron chi connectivity index (χ1n) is 5.64. The number of nitrogens with one attached hydrogen (secondary N) is 1. The van der Waals surface area contributed by atoms with Crippen molar-refractivity contribution in [2.75, 3.05) is 20.1 Å². The van der Waals surface area contributed by atoms with E-state index in [-0.39, 0.29) is 0 Å². The Morgan fingerprint density at radius 3 is 2.69 bits per heavy atom. The molecule has 0 saturated heterocycles. The molecule has 0 bridgehead atoms. The van der Waals surface area contributed by atoms with Crippen molar-refractivity contribution in [1.29, 1.82) is 0 Å². The van der Waals surface area contributed by atoms with Crippen molar-refractivity contribution in [2.24, 2.45) is 0 Å². The number of hydrogen-bond acceptors (Lipinski definition) is 3. The van der Waals surface area contributed by atoms with Crippen LogP contribution < -0.4 is 5.32 Å². The van der Waals surface area contributed by atoms with Crippen LogP contribution in [0.2, 0.25) is 0 Å². The van der Waals surface area contributed by atoms with E-state index in [2.05, 4.69) is 53.2 Å². The molecule has 0 amide bonds. The lowest BCUT2D eigenvalue weighted by Crippen LogP contribution is -2.32. The third kappa shape index (κ3) is 2.80. The van der Waals surface area contributed by atoms with Gasteiger partial charge in [-0.25, -0.2) is 0 Å². The first-order chi connectivity index (χ1) is 7.79. The zero-order valence-electron chi connectivity index (χ0n) is 9.61. The number of nitrogens with zero attached hydrogens (tertiary/aromatic N) is 1. The van der Waals surface area contributed by atoms with Crippen LogP contribution in [-0.4, -0.2) is 25.0 Å². The van der Waals surface area contributed by atoms with Crippen LogP contribution in [0.1, 0.15) is 12.0 Å². The van der Waals surface area contributed by atoms with Gasteiger partial charge in [0.1, 0.15) is 0 Å². The molecule has 1 heterocycles. The van der Waals surface area contributed by atoms with Crippen LogP contribution in [0.4, 0.5) is 0 Å². The summed E-state index contributed by atoms with van der Waals surface area (Å²) < 4.78 is 0. The Balaban J connectivity index is 1.97. The third-order valence-electron chi connectivity index (χ3n) is 2.95. The molecule has 86 valence electrons. The van der Waals surface area contributed by atoms with E-state index in [1.165, 1.54) is 16.2 Å². The van der Waals surface area contributed by atoms with Crippen molar-refractivity contribution in [3.63, 3.8) is 0 Å². The van der Waals surface area contributed by atoms with Crippen molar-refractivity contribution < 1.29 is 0 Å². The van der Waals surface area contributed by atoms with Gasteiger partial charge in [-0.1, -0.05) is 30.3 Å². The predicted octanol–water partition coefficient (Wildman–Crippen LogP) is 2.25. The Labute approximate surface area is 103 Å². The molecule has 0 spiro atoms. The molecule has 0 aliphatic carbocycles. The van der Waals surface area contributed by atoms with Crippen molar-refractivity contribution in [3.05, 3.63) is 46.5 Å². The number of rotatable bonds is 3. The van der Waals surface area contributed by atoms with Crippen LogP contribution in [0, 0.1) is 0 Å². The first-order valence-corrected chi connectivity index (χ1v) is 6.09. The monoisotopic (exact) mass is 234 g/mol. The van der Waals surface area contributed by atoms with Crippen LogP contribution in [0.5, 0.6) is 0 Å². The number of hydrogen-bond donors (Lipinski definition) is 2. The minimum absolute atomic E-state index is 0.953. The Morgan fingerprint density at radius 2 is 2.06 bits per heavy atom. The minimum atomic E-state index is 0.953. The molecule has 1 aliphatic rings. The summed E-state index contributed by atoms with van der Waals surface area (Å²) in [6.07, 6.45) is 1.07. The summed E-state index contributed by atoms with van der Waals surface area (Å²) in [5, 5.41) is 3.21. The highest BCUT2D eigenvalue weighted by Crippen LogP contribution is 2.19. The molecule has 2 nitrogen and oxygen atoms in total. The molecular weight excluding hydrogens is 216 g/mol. The Hall–Kier alpha value is -0.930. The van der Waals surface area contributed by atoms with Gasteiger partial charge < -0.3 is 5.32 Å². The molecule has 0 radical (unpaired) electrons. The fourth-order valence-corrected chi connectivity index (χ4v) is 2.47. The summed E-state index contributed by atoms with van der Waals surface area (Å²) in [4.78, 5) is 3.60. The van der Waals surface area contributed by atoms with Crippen LogP contribution in [0.25, 0.3) is 0 Å². The highest BCUT2D eigenvalue weighted by molar-refractivity contribution is 7.84. The summed E-state index contributed by atoms with van der Waals surface area (Å²) in [6, 6.07) is 10.6. The van der Waals surface area contributed by atoms with Crippen LogP contribution in [-0.2, 0) is 6.54 Å². The van der Waals surface area contributed by atoms with E-state index in [9.17, 15) is 0 Å². The Bertz CT molecular complexity index is 373. The van der Waals surface area contributed by atoms with Gasteiger partial charge in [0.25, 0.3) is 0 Å². The molecule has 0 fully saturated rings. The smallest absolute Gasteiger partial charge is 0.0311 e. The normalized spacial score (nSPS) is 17.6. The summed E-state index contributed by atoms with van der Waals surface area (Å²) >= 11 is 4.54. The summed E-state index contributed by atoms with van der Waals surface area (Å²) in [6.45, 7) is 3.07.